The first-order valence-electron chi connectivity index (χ1n) is 7.45. The minimum absolute atomic E-state index is 0.345. The molecule has 23 heavy (non-hydrogen) atoms. The molecule has 0 atom stereocenters. The molecular weight excluding hydrogens is 311 g/mol. The van der Waals surface area contributed by atoms with Crippen molar-refractivity contribution in [3.63, 3.8) is 0 Å². The molecule has 0 aliphatic carbocycles. The Balaban J connectivity index is 1.93. The topological polar surface area (TPSA) is 38.8 Å². The van der Waals surface area contributed by atoms with Crippen LogP contribution in [0.15, 0.2) is 12.1 Å². The molecule has 0 unspecified atom stereocenters. The minimum Gasteiger partial charge on any atom is -0.484 e. The Bertz CT molecular complexity index is 579. The van der Waals surface area contributed by atoms with Gasteiger partial charge in [0, 0.05) is 25.9 Å². The van der Waals surface area contributed by atoms with Crippen molar-refractivity contribution in [3.8, 4) is 5.75 Å². The van der Waals surface area contributed by atoms with Gasteiger partial charge in [-0.3, -0.25) is 0 Å². The number of hydrogen-bond donors (Lipinski definition) is 0. The van der Waals surface area contributed by atoms with Crippen LogP contribution in [0.1, 0.15) is 33.6 Å². The number of halogens is 3. The van der Waals surface area contributed by atoms with E-state index in [0.29, 0.717) is 32.0 Å². The lowest BCUT2D eigenvalue weighted by Crippen LogP contribution is -2.44. The molecule has 2 rings (SSSR count). The lowest BCUT2D eigenvalue weighted by molar-refractivity contribution is 0.0119. The van der Waals surface area contributed by atoms with Crippen LogP contribution >= 0.6 is 0 Å². The Morgan fingerprint density at radius 3 is 2.26 bits per heavy atom. The summed E-state index contributed by atoms with van der Waals surface area (Å²) < 4.78 is 50.8. The fourth-order valence-corrected chi connectivity index (χ4v) is 2.27. The normalized spacial score (nSPS) is 16.3. The van der Waals surface area contributed by atoms with Crippen molar-refractivity contribution in [3.05, 3.63) is 29.6 Å². The fourth-order valence-electron chi connectivity index (χ4n) is 2.27. The van der Waals surface area contributed by atoms with E-state index in [1.807, 2.05) is 0 Å². The van der Waals surface area contributed by atoms with Crippen molar-refractivity contribution < 1.29 is 27.4 Å². The quantitative estimate of drug-likeness (QED) is 0.772. The van der Waals surface area contributed by atoms with Crippen molar-refractivity contribution >= 4 is 6.09 Å². The lowest BCUT2D eigenvalue weighted by Gasteiger charge is -2.33. The number of rotatable bonds is 2. The van der Waals surface area contributed by atoms with Crippen molar-refractivity contribution in [1.29, 1.82) is 0 Å². The van der Waals surface area contributed by atoms with Crippen molar-refractivity contribution in [1.82, 2.24) is 4.90 Å². The molecule has 0 N–H and O–H groups in total. The summed E-state index contributed by atoms with van der Waals surface area (Å²) in [6.07, 6.45) is -0.151. The summed E-state index contributed by atoms with van der Waals surface area (Å²) in [5.74, 6) is -4.15. The highest BCUT2D eigenvalue weighted by atomic mass is 19.2. The van der Waals surface area contributed by atoms with Gasteiger partial charge in [0.2, 0.25) is 5.82 Å². The molecule has 1 heterocycles. The van der Waals surface area contributed by atoms with Crippen LogP contribution in [0, 0.1) is 17.5 Å². The SMILES string of the molecule is CC(C)(C)OC(=O)N1CCC(Oc2c(F)ccc(F)c2F)CC1. The van der Waals surface area contributed by atoms with E-state index in [1.165, 1.54) is 4.90 Å². The van der Waals surface area contributed by atoms with Crippen LogP contribution in [0.4, 0.5) is 18.0 Å². The van der Waals surface area contributed by atoms with Crippen LogP contribution < -0.4 is 4.74 Å². The molecule has 1 aromatic carbocycles. The second-order valence-electron chi connectivity index (χ2n) is 6.46. The number of ether oxygens (including phenoxy) is 2. The first kappa shape index (κ1) is 17.4. The average molecular weight is 331 g/mol. The molecule has 1 aromatic rings. The Morgan fingerprint density at radius 1 is 1.13 bits per heavy atom. The summed E-state index contributed by atoms with van der Waals surface area (Å²) in [6.45, 7) is 6.01. The zero-order valence-corrected chi connectivity index (χ0v) is 13.4. The lowest BCUT2D eigenvalue weighted by atomic mass is 10.1. The van der Waals surface area contributed by atoms with E-state index in [4.69, 9.17) is 9.47 Å². The maximum Gasteiger partial charge on any atom is 0.410 e. The number of benzene rings is 1. The van der Waals surface area contributed by atoms with Crippen LogP contribution in [0.5, 0.6) is 5.75 Å². The summed E-state index contributed by atoms with van der Waals surface area (Å²) in [5, 5.41) is 0. The second-order valence-corrected chi connectivity index (χ2v) is 6.46. The molecule has 1 fully saturated rings. The van der Waals surface area contributed by atoms with Crippen LogP contribution in [-0.4, -0.2) is 35.8 Å². The Kier molecular flexibility index (Phi) is 5.06. The van der Waals surface area contributed by atoms with Gasteiger partial charge in [0.25, 0.3) is 0 Å². The molecule has 0 spiro atoms. The molecule has 0 saturated carbocycles. The zero-order chi connectivity index (χ0) is 17.2. The predicted octanol–water partition coefficient (Wildman–Crippen LogP) is 3.88. The van der Waals surface area contributed by atoms with Crippen LogP contribution in [0.3, 0.4) is 0 Å². The van der Waals surface area contributed by atoms with E-state index >= 15 is 0 Å². The van der Waals surface area contributed by atoms with E-state index in [-0.39, 0.29) is 0 Å². The molecule has 1 saturated heterocycles. The summed E-state index contributed by atoms with van der Waals surface area (Å²) in [7, 11) is 0. The molecule has 1 aliphatic rings. The molecule has 0 radical (unpaired) electrons. The Labute approximate surface area is 133 Å². The van der Waals surface area contributed by atoms with Crippen LogP contribution in [-0.2, 0) is 4.74 Å². The smallest absolute Gasteiger partial charge is 0.410 e. The van der Waals surface area contributed by atoms with Gasteiger partial charge in [0.05, 0.1) is 0 Å². The molecule has 1 aliphatic heterocycles. The van der Waals surface area contributed by atoms with Gasteiger partial charge >= 0.3 is 6.09 Å². The molecule has 7 heteroatoms. The summed E-state index contributed by atoms with van der Waals surface area (Å²) in [5.41, 5.74) is -0.585. The van der Waals surface area contributed by atoms with Crippen molar-refractivity contribution in [2.75, 3.05) is 13.1 Å². The second kappa shape index (κ2) is 6.68. The summed E-state index contributed by atoms with van der Waals surface area (Å²) in [4.78, 5) is 13.4. The standard InChI is InChI=1S/C16H20F3NO3/c1-16(2,3)23-15(21)20-8-6-10(7-9-20)22-14-12(18)5-4-11(17)13(14)19/h4-5,10H,6-9H2,1-3H3. The van der Waals surface area contributed by atoms with Gasteiger partial charge in [-0.2, -0.15) is 4.39 Å². The van der Waals surface area contributed by atoms with E-state index in [9.17, 15) is 18.0 Å². The van der Waals surface area contributed by atoms with E-state index in [1.54, 1.807) is 20.8 Å². The third-order valence-corrected chi connectivity index (χ3v) is 3.38. The largest absolute Gasteiger partial charge is 0.484 e. The number of likely N-dealkylation sites (tertiary alicyclic amines) is 1. The third-order valence-electron chi connectivity index (χ3n) is 3.38. The summed E-state index contributed by atoms with van der Waals surface area (Å²) in [6, 6.07) is 1.53. The molecule has 1 amide bonds. The molecule has 0 aromatic heterocycles. The molecule has 128 valence electrons. The number of nitrogens with zero attached hydrogens (tertiary/aromatic N) is 1. The highest BCUT2D eigenvalue weighted by molar-refractivity contribution is 5.68. The average Bonchev–Trinajstić information content (AvgIpc) is 2.46. The molecule has 0 bridgehead atoms. The minimum atomic E-state index is -1.33. The first-order chi connectivity index (χ1) is 10.7. The third kappa shape index (κ3) is 4.53. The van der Waals surface area contributed by atoms with E-state index in [2.05, 4.69) is 0 Å². The van der Waals surface area contributed by atoms with Crippen LogP contribution in [0.25, 0.3) is 0 Å². The monoisotopic (exact) mass is 331 g/mol. The first-order valence-corrected chi connectivity index (χ1v) is 7.45. The number of amides is 1. The van der Waals surface area contributed by atoms with E-state index in [0.717, 1.165) is 6.07 Å². The highest BCUT2D eigenvalue weighted by Gasteiger charge is 2.29. The van der Waals surface area contributed by atoms with E-state index < -0.39 is 41.0 Å². The number of carbonyl (C=O) groups excluding carboxylic acids is 1. The van der Waals surface area contributed by atoms with Gasteiger partial charge < -0.3 is 14.4 Å². The summed E-state index contributed by atoms with van der Waals surface area (Å²) >= 11 is 0. The maximum absolute atomic E-state index is 13.6. The highest BCUT2D eigenvalue weighted by Crippen LogP contribution is 2.27. The van der Waals surface area contributed by atoms with Gasteiger partial charge in [-0.05, 0) is 32.9 Å². The predicted molar refractivity (Wildman–Crippen MR) is 77.8 cm³/mol. The van der Waals surface area contributed by atoms with Gasteiger partial charge in [-0.1, -0.05) is 0 Å². The molecule has 4 nitrogen and oxygen atoms in total. The van der Waals surface area contributed by atoms with Crippen LogP contribution in [0.2, 0.25) is 0 Å². The van der Waals surface area contributed by atoms with Gasteiger partial charge in [-0.15, -0.1) is 0 Å². The molecular formula is C16H20F3NO3. The zero-order valence-electron chi connectivity index (χ0n) is 13.4. The van der Waals surface area contributed by atoms with Crippen molar-refractivity contribution in [2.24, 2.45) is 0 Å². The Hall–Kier alpha value is -1.92. The number of hydrogen-bond acceptors (Lipinski definition) is 3. The fraction of sp³-hybridized carbons (Fsp3) is 0.562. The number of carbonyl (C=O) groups is 1. The van der Waals surface area contributed by atoms with Gasteiger partial charge in [-0.25, -0.2) is 13.6 Å². The van der Waals surface area contributed by atoms with Crippen molar-refractivity contribution in [2.45, 2.75) is 45.3 Å². The maximum atomic E-state index is 13.6. The van der Waals surface area contributed by atoms with Gasteiger partial charge in [0.1, 0.15) is 11.7 Å². The number of piperidine rings is 1. The van der Waals surface area contributed by atoms with Gasteiger partial charge in [0.15, 0.2) is 17.4 Å². The Morgan fingerprint density at radius 2 is 1.70 bits per heavy atom.